The molecule has 1 aliphatic rings. The SMILES string of the molecule is O=C(Nc1ccccc1-c1nc(-c2ccccc2)no1)c1ccc2c(c1)OCCO2. The minimum Gasteiger partial charge on any atom is -0.486 e. The number of benzene rings is 3. The van der Waals surface area contributed by atoms with E-state index in [0.717, 1.165) is 5.56 Å². The molecule has 0 unspecified atom stereocenters. The van der Waals surface area contributed by atoms with Gasteiger partial charge in [0.05, 0.1) is 11.3 Å². The van der Waals surface area contributed by atoms with Crippen LogP contribution >= 0.6 is 0 Å². The molecule has 30 heavy (non-hydrogen) atoms. The molecule has 0 aliphatic carbocycles. The fourth-order valence-corrected chi connectivity index (χ4v) is 3.20. The van der Waals surface area contributed by atoms with Gasteiger partial charge < -0.3 is 19.3 Å². The maximum Gasteiger partial charge on any atom is 0.260 e. The Labute approximate surface area is 172 Å². The molecule has 2 heterocycles. The van der Waals surface area contributed by atoms with E-state index in [0.29, 0.717) is 53.2 Å². The van der Waals surface area contributed by atoms with Gasteiger partial charge in [-0.1, -0.05) is 47.6 Å². The molecule has 4 aromatic rings. The van der Waals surface area contributed by atoms with Crippen LogP contribution in [0.1, 0.15) is 10.4 Å². The average molecular weight is 399 g/mol. The summed E-state index contributed by atoms with van der Waals surface area (Å²) in [4.78, 5) is 17.3. The van der Waals surface area contributed by atoms with Crippen molar-refractivity contribution in [3.63, 3.8) is 0 Å². The van der Waals surface area contributed by atoms with Gasteiger partial charge in [-0.3, -0.25) is 4.79 Å². The molecule has 1 aliphatic heterocycles. The van der Waals surface area contributed by atoms with Gasteiger partial charge in [-0.05, 0) is 30.3 Å². The lowest BCUT2D eigenvalue weighted by Gasteiger charge is -2.18. The number of hydrogen-bond donors (Lipinski definition) is 1. The number of carbonyl (C=O) groups excluding carboxylic acids is 1. The number of carbonyl (C=O) groups is 1. The first-order chi connectivity index (χ1) is 14.8. The summed E-state index contributed by atoms with van der Waals surface area (Å²) >= 11 is 0. The standard InChI is InChI=1S/C23H17N3O4/c27-22(16-10-11-19-20(14-16)29-13-12-28-19)24-18-9-5-4-8-17(18)23-25-21(26-30-23)15-6-2-1-3-7-15/h1-11,14H,12-13H2,(H,24,27). The highest BCUT2D eigenvalue weighted by atomic mass is 16.6. The molecule has 3 aromatic carbocycles. The normalized spacial score (nSPS) is 12.4. The van der Waals surface area contributed by atoms with Crippen molar-refractivity contribution in [2.24, 2.45) is 0 Å². The highest BCUT2D eigenvalue weighted by Crippen LogP contribution is 2.32. The first kappa shape index (κ1) is 17.9. The molecule has 0 radical (unpaired) electrons. The number of anilines is 1. The molecule has 5 rings (SSSR count). The van der Waals surface area contributed by atoms with Crippen LogP contribution in [-0.4, -0.2) is 29.3 Å². The number of hydrogen-bond acceptors (Lipinski definition) is 6. The van der Waals surface area contributed by atoms with E-state index < -0.39 is 0 Å². The molecule has 148 valence electrons. The highest BCUT2D eigenvalue weighted by molar-refractivity contribution is 6.06. The van der Waals surface area contributed by atoms with Crippen LogP contribution in [0.25, 0.3) is 22.8 Å². The van der Waals surface area contributed by atoms with Gasteiger partial charge in [0.1, 0.15) is 13.2 Å². The second-order valence-corrected chi connectivity index (χ2v) is 6.65. The van der Waals surface area contributed by atoms with Gasteiger partial charge in [-0.15, -0.1) is 0 Å². The fraction of sp³-hybridized carbons (Fsp3) is 0.0870. The van der Waals surface area contributed by atoms with Crippen molar-refractivity contribution in [3.05, 3.63) is 78.4 Å². The van der Waals surface area contributed by atoms with E-state index in [4.69, 9.17) is 14.0 Å². The van der Waals surface area contributed by atoms with Crippen molar-refractivity contribution in [2.75, 3.05) is 18.5 Å². The van der Waals surface area contributed by atoms with Crippen molar-refractivity contribution in [1.29, 1.82) is 0 Å². The van der Waals surface area contributed by atoms with Crippen molar-refractivity contribution in [1.82, 2.24) is 10.1 Å². The van der Waals surface area contributed by atoms with Gasteiger partial charge in [0.2, 0.25) is 5.82 Å². The summed E-state index contributed by atoms with van der Waals surface area (Å²) in [7, 11) is 0. The number of fused-ring (bicyclic) bond motifs is 1. The number of para-hydroxylation sites is 1. The number of amides is 1. The molecule has 1 N–H and O–H groups in total. The van der Waals surface area contributed by atoms with Crippen molar-refractivity contribution in [3.8, 4) is 34.3 Å². The van der Waals surface area contributed by atoms with Gasteiger partial charge in [-0.2, -0.15) is 4.98 Å². The molecular weight excluding hydrogens is 382 g/mol. The lowest BCUT2D eigenvalue weighted by Crippen LogP contribution is -2.17. The maximum atomic E-state index is 12.8. The zero-order chi connectivity index (χ0) is 20.3. The van der Waals surface area contributed by atoms with E-state index in [9.17, 15) is 4.79 Å². The van der Waals surface area contributed by atoms with Crippen molar-refractivity contribution >= 4 is 11.6 Å². The van der Waals surface area contributed by atoms with Gasteiger partial charge >= 0.3 is 0 Å². The van der Waals surface area contributed by atoms with Crippen LogP contribution in [-0.2, 0) is 0 Å². The van der Waals surface area contributed by atoms with E-state index >= 15 is 0 Å². The Morgan fingerprint density at radius 2 is 1.63 bits per heavy atom. The van der Waals surface area contributed by atoms with E-state index in [-0.39, 0.29) is 5.91 Å². The maximum absolute atomic E-state index is 12.8. The first-order valence-electron chi connectivity index (χ1n) is 9.47. The summed E-state index contributed by atoms with van der Waals surface area (Å²) < 4.78 is 16.5. The molecule has 1 aromatic heterocycles. The summed E-state index contributed by atoms with van der Waals surface area (Å²) in [5.74, 6) is 1.73. The molecule has 0 saturated carbocycles. The van der Waals surface area contributed by atoms with E-state index in [1.807, 2.05) is 48.5 Å². The molecule has 7 heteroatoms. The number of aromatic nitrogens is 2. The first-order valence-corrected chi connectivity index (χ1v) is 9.47. The zero-order valence-electron chi connectivity index (χ0n) is 15.9. The van der Waals surface area contributed by atoms with Gasteiger partial charge in [-0.25, -0.2) is 0 Å². The Morgan fingerprint density at radius 1 is 0.867 bits per heavy atom. The van der Waals surface area contributed by atoms with Crippen molar-refractivity contribution in [2.45, 2.75) is 0 Å². The Kier molecular flexibility index (Phi) is 4.61. The minimum absolute atomic E-state index is 0.276. The molecule has 7 nitrogen and oxygen atoms in total. The highest BCUT2D eigenvalue weighted by Gasteiger charge is 2.18. The molecule has 0 spiro atoms. The van der Waals surface area contributed by atoms with Gasteiger partial charge in [0, 0.05) is 11.1 Å². The summed E-state index contributed by atoms with van der Waals surface area (Å²) in [5.41, 5.74) is 2.52. The topological polar surface area (TPSA) is 86.5 Å². The Balaban J connectivity index is 1.42. The lowest BCUT2D eigenvalue weighted by molar-refractivity contribution is 0.102. The third-order valence-corrected chi connectivity index (χ3v) is 4.67. The largest absolute Gasteiger partial charge is 0.486 e. The van der Waals surface area contributed by atoms with Crippen LogP contribution in [0, 0.1) is 0 Å². The van der Waals surface area contributed by atoms with Gasteiger partial charge in [0.15, 0.2) is 11.5 Å². The van der Waals surface area contributed by atoms with Crippen LogP contribution < -0.4 is 14.8 Å². The number of nitrogens with zero attached hydrogens (tertiary/aromatic N) is 2. The zero-order valence-corrected chi connectivity index (χ0v) is 15.9. The predicted molar refractivity (Wildman–Crippen MR) is 111 cm³/mol. The van der Waals surface area contributed by atoms with E-state index in [2.05, 4.69) is 15.5 Å². The van der Waals surface area contributed by atoms with Gasteiger partial charge in [0.25, 0.3) is 11.8 Å². The number of rotatable bonds is 4. The molecule has 1 amide bonds. The second kappa shape index (κ2) is 7.71. The van der Waals surface area contributed by atoms with Crippen LogP contribution in [0.15, 0.2) is 77.3 Å². The third kappa shape index (κ3) is 3.48. The quantitative estimate of drug-likeness (QED) is 0.546. The average Bonchev–Trinajstić information content (AvgIpc) is 3.30. The number of nitrogens with one attached hydrogen (secondary N) is 1. The summed E-state index contributed by atoms with van der Waals surface area (Å²) in [5, 5.41) is 6.98. The Bertz CT molecular complexity index is 1200. The lowest BCUT2D eigenvalue weighted by atomic mass is 10.1. The molecule has 0 saturated heterocycles. The summed E-state index contributed by atoms with van der Waals surface area (Å²) in [6.07, 6.45) is 0. The molecule has 0 fully saturated rings. The number of ether oxygens (including phenoxy) is 2. The fourth-order valence-electron chi connectivity index (χ4n) is 3.20. The van der Waals surface area contributed by atoms with Crippen LogP contribution in [0.2, 0.25) is 0 Å². The van der Waals surface area contributed by atoms with Crippen LogP contribution in [0.5, 0.6) is 11.5 Å². The van der Waals surface area contributed by atoms with E-state index in [1.165, 1.54) is 0 Å². The molecular formula is C23H17N3O4. The predicted octanol–water partition coefficient (Wildman–Crippen LogP) is 4.43. The van der Waals surface area contributed by atoms with E-state index in [1.54, 1.807) is 24.3 Å². The third-order valence-electron chi connectivity index (χ3n) is 4.67. The van der Waals surface area contributed by atoms with Crippen LogP contribution in [0.3, 0.4) is 0 Å². The monoisotopic (exact) mass is 399 g/mol. The summed E-state index contributed by atoms with van der Waals surface area (Å²) in [6, 6.07) is 22.0. The van der Waals surface area contributed by atoms with Crippen molar-refractivity contribution < 1.29 is 18.8 Å². The smallest absolute Gasteiger partial charge is 0.260 e. The van der Waals surface area contributed by atoms with Crippen LogP contribution in [0.4, 0.5) is 5.69 Å². The minimum atomic E-state index is -0.276. The Hall–Kier alpha value is -4.13. The second-order valence-electron chi connectivity index (χ2n) is 6.65. The Morgan fingerprint density at radius 3 is 2.50 bits per heavy atom. The molecule has 0 bridgehead atoms. The molecule has 0 atom stereocenters. The summed E-state index contributed by atoms with van der Waals surface area (Å²) in [6.45, 7) is 0.961.